The van der Waals surface area contributed by atoms with Crippen molar-refractivity contribution >= 4 is 43.9 Å². The second kappa shape index (κ2) is 8.02. The summed E-state index contributed by atoms with van der Waals surface area (Å²) in [5, 5.41) is 5.45. The highest BCUT2D eigenvalue weighted by molar-refractivity contribution is 9.11. The maximum absolute atomic E-state index is 12.2. The summed E-state index contributed by atoms with van der Waals surface area (Å²) >= 11 is 6.94. The van der Waals surface area contributed by atoms with E-state index in [0.29, 0.717) is 30.0 Å². The zero-order valence-electron chi connectivity index (χ0n) is 13.5. The normalized spacial score (nSPS) is 17.2. The molecule has 0 bridgehead atoms. The second-order valence-electron chi connectivity index (χ2n) is 5.02. The maximum atomic E-state index is 12.2. The number of carbonyl (C=O) groups is 2. The zero-order chi connectivity index (χ0) is 17.9. The van der Waals surface area contributed by atoms with Crippen molar-refractivity contribution in [3.8, 4) is 5.75 Å². The summed E-state index contributed by atoms with van der Waals surface area (Å²) in [5.74, 6) is 0.186. The van der Waals surface area contributed by atoms with Crippen LogP contribution in [0.4, 0.5) is 4.79 Å². The molecule has 2 amide bonds. The minimum atomic E-state index is -0.607. The smallest absolute Gasteiger partial charge is 0.337 e. The Morgan fingerprint density at radius 3 is 2.38 bits per heavy atom. The third-order valence-electron chi connectivity index (χ3n) is 3.56. The van der Waals surface area contributed by atoms with Gasteiger partial charge in [0.2, 0.25) is 0 Å². The molecule has 1 atom stereocenters. The van der Waals surface area contributed by atoms with Gasteiger partial charge in [-0.25, -0.2) is 9.59 Å². The van der Waals surface area contributed by atoms with E-state index in [-0.39, 0.29) is 6.03 Å². The van der Waals surface area contributed by atoms with Crippen molar-refractivity contribution in [2.24, 2.45) is 0 Å². The van der Waals surface area contributed by atoms with E-state index in [2.05, 4.69) is 42.5 Å². The molecule has 1 unspecified atom stereocenters. The van der Waals surface area contributed by atoms with Crippen molar-refractivity contribution in [3.63, 3.8) is 0 Å². The Bertz CT molecular complexity index is 680. The van der Waals surface area contributed by atoms with Crippen LogP contribution in [0.3, 0.4) is 0 Å². The van der Waals surface area contributed by atoms with E-state index in [1.807, 2.05) is 26.0 Å². The number of nitrogens with one attached hydrogen (secondary N) is 2. The van der Waals surface area contributed by atoms with Crippen LogP contribution in [0, 0.1) is 0 Å². The molecule has 0 saturated heterocycles. The molecule has 0 spiro atoms. The minimum absolute atomic E-state index is 0.356. The third kappa shape index (κ3) is 3.75. The molecule has 2 rings (SSSR count). The van der Waals surface area contributed by atoms with Gasteiger partial charge in [0.1, 0.15) is 5.75 Å². The van der Waals surface area contributed by atoms with E-state index in [1.165, 1.54) is 7.11 Å². The van der Waals surface area contributed by atoms with Gasteiger partial charge in [-0.15, -0.1) is 0 Å². The fourth-order valence-electron chi connectivity index (χ4n) is 2.53. The molecule has 0 saturated carbocycles. The molecule has 24 heavy (non-hydrogen) atoms. The minimum Gasteiger partial charge on any atom is -0.492 e. The standard InChI is InChI=1S/C16H18Br2N2O4/c1-4-11-12(15(21)23-3)13(20-16(22)19-11)8-6-9(17)14(24-5-2)10(18)7-8/h6-7,13H,4-5H2,1-3H3,(H2,19,20,22). The molecule has 1 aromatic carbocycles. The van der Waals surface area contributed by atoms with Crippen LogP contribution in [0.15, 0.2) is 32.3 Å². The molecule has 0 radical (unpaired) electrons. The third-order valence-corrected chi connectivity index (χ3v) is 4.73. The van der Waals surface area contributed by atoms with Crippen molar-refractivity contribution in [1.82, 2.24) is 10.6 Å². The highest BCUT2D eigenvalue weighted by atomic mass is 79.9. The lowest BCUT2D eigenvalue weighted by Gasteiger charge is -2.29. The van der Waals surface area contributed by atoms with Gasteiger partial charge in [0, 0.05) is 5.70 Å². The van der Waals surface area contributed by atoms with Crippen LogP contribution in [0.1, 0.15) is 31.9 Å². The number of hydrogen-bond acceptors (Lipinski definition) is 4. The molecule has 0 aliphatic carbocycles. The van der Waals surface area contributed by atoms with Crippen molar-refractivity contribution < 1.29 is 19.1 Å². The van der Waals surface area contributed by atoms with Gasteiger partial charge in [-0.1, -0.05) is 6.92 Å². The monoisotopic (exact) mass is 460 g/mol. The van der Waals surface area contributed by atoms with E-state index in [4.69, 9.17) is 9.47 Å². The second-order valence-corrected chi connectivity index (χ2v) is 6.72. The number of carbonyl (C=O) groups excluding carboxylic acids is 2. The van der Waals surface area contributed by atoms with E-state index < -0.39 is 12.0 Å². The van der Waals surface area contributed by atoms with E-state index in [0.717, 1.165) is 14.5 Å². The number of halogens is 2. The largest absolute Gasteiger partial charge is 0.492 e. The Balaban J connectivity index is 2.55. The average molecular weight is 462 g/mol. The summed E-state index contributed by atoms with van der Waals surface area (Å²) in [5.41, 5.74) is 1.68. The van der Waals surface area contributed by atoms with Crippen LogP contribution >= 0.6 is 31.9 Å². The number of esters is 1. The van der Waals surface area contributed by atoms with E-state index in [9.17, 15) is 9.59 Å². The number of amides is 2. The molecule has 0 aromatic heterocycles. The molecular weight excluding hydrogens is 444 g/mol. The summed E-state index contributed by atoms with van der Waals surface area (Å²) in [6.07, 6.45) is 0.508. The molecule has 1 aromatic rings. The van der Waals surface area contributed by atoms with E-state index >= 15 is 0 Å². The first-order valence-electron chi connectivity index (χ1n) is 7.43. The summed E-state index contributed by atoms with van der Waals surface area (Å²) in [6, 6.07) is 2.68. The highest BCUT2D eigenvalue weighted by Gasteiger charge is 2.33. The van der Waals surface area contributed by atoms with Crippen molar-refractivity contribution in [3.05, 3.63) is 37.9 Å². The molecule has 8 heteroatoms. The molecule has 1 aliphatic rings. The molecule has 130 valence electrons. The lowest BCUT2D eigenvalue weighted by Crippen LogP contribution is -2.45. The lowest BCUT2D eigenvalue weighted by atomic mass is 9.94. The molecule has 2 N–H and O–H groups in total. The van der Waals surface area contributed by atoms with Gasteiger partial charge in [-0.3, -0.25) is 0 Å². The van der Waals surface area contributed by atoms with Crippen molar-refractivity contribution in [2.45, 2.75) is 26.3 Å². The number of methoxy groups -OCH3 is 1. The first kappa shape index (κ1) is 18.8. The van der Waals surface area contributed by atoms with Crippen LogP contribution in [0.2, 0.25) is 0 Å². The number of urea groups is 1. The Morgan fingerprint density at radius 1 is 1.25 bits per heavy atom. The Morgan fingerprint density at radius 2 is 1.88 bits per heavy atom. The molecule has 0 fully saturated rings. The number of hydrogen-bond donors (Lipinski definition) is 2. The summed E-state index contributed by atoms with van der Waals surface area (Å²) in [7, 11) is 1.32. The van der Waals surface area contributed by atoms with Crippen LogP contribution in [0.5, 0.6) is 5.75 Å². The molecular formula is C16H18Br2N2O4. The Labute approximate surface area is 157 Å². The number of allylic oxidation sites excluding steroid dienone is 1. The van der Waals surface area contributed by atoms with Gasteiger partial charge in [0.25, 0.3) is 0 Å². The topological polar surface area (TPSA) is 76.7 Å². The zero-order valence-corrected chi connectivity index (χ0v) is 16.7. The average Bonchev–Trinajstić information content (AvgIpc) is 2.56. The molecule has 1 heterocycles. The van der Waals surface area contributed by atoms with Crippen LogP contribution in [-0.2, 0) is 9.53 Å². The number of ether oxygens (including phenoxy) is 2. The highest BCUT2D eigenvalue weighted by Crippen LogP contribution is 2.39. The summed E-state index contributed by atoms with van der Waals surface area (Å²) < 4.78 is 11.9. The maximum Gasteiger partial charge on any atom is 0.337 e. The predicted octanol–water partition coefficient (Wildman–Crippen LogP) is 3.80. The molecule has 1 aliphatic heterocycles. The van der Waals surface area contributed by atoms with Crippen molar-refractivity contribution in [1.29, 1.82) is 0 Å². The Kier molecular flexibility index (Phi) is 6.28. The first-order valence-corrected chi connectivity index (χ1v) is 9.02. The Hall–Kier alpha value is -1.54. The summed E-state index contributed by atoms with van der Waals surface area (Å²) in [4.78, 5) is 24.2. The van der Waals surface area contributed by atoms with Gasteiger partial charge in [0.05, 0.1) is 34.3 Å². The first-order chi connectivity index (χ1) is 11.4. The lowest BCUT2D eigenvalue weighted by molar-refractivity contribution is -0.136. The van der Waals surface area contributed by atoms with E-state index in [1.54, 1.807) is 0 Å². The van der Waals surface area contributed by atoms with Gasteiger partial charge in [0.15, 0.2) is 0 Å². The number of rotatable bonds is 5. The summed E-state index contributed by atoms with van der Waals surface area (Å²) in [6.45, 7) is 4.28. The number of benzene rings is 1. The van der Waals surface area contributed by atoms with Crippen LogP contribution in [0.25, 0.3) is 0 Å². The van der Waals surface area contributed by atoms with Crippen molar-refractivity contribution in [2.75, 3.05) is 13.7 Å². The quantitative estimate of drug-likeness (QED) is 0.654. The fraction of sp³-hybridized carbons (Fsp3) is 0.375. The van der Waals surface area contributed by atoms with Gasteiger partial charge in [-0.05, 0) is 62.9 Å². The SMILES string of the molecule is CCOc1c(Br)cc(C2NC(=O)NC(CC)=C2C(=O)OC)cc1Br. The van der Waals surface area contributed by atoms with Crippen LogP contribution < -0.4 is 15.4 Å². The van der Waals surface area contributed by atoms with Gasteiger partial charge >= 0.3 is 12.0 Å². The van der Waals surface area contributed by atoms with Crippen LogP contribution in [-0.4, -0.2) is 25.7 Å². The predicted molar refractivity (Wildman–Crippen MR) is 96.8 cm³/mol. The van der Waals surface area contributed by atoms with Gasteiger partial charge in [-0.2, -0.15) is 0 Å². The molecule has 6 nitrogen and oxygen atoms in total. The fourth-order valence-corrected chi connectivity index (χ4v) is 3.98. The van der Waals surface area contributed by atoms with Gasteiger partial charge < -0.3 is 20.1 Å².